The molecule has 0 bridgehead atoms. The molecule has 1 atom stereocenters. The van der Waals surface area contributed by atoms with Gasteiger partial charge in [0.1, 0.15) is 0 Å². The van der Waals surface area contributed by atoms with E-state index in [9.17, 15) is 0 Å². The van der Waals surface area contributed by atoms with Gasteiger partial charge in [-0.05, 0) is 11.1 Å². The van der Waals surface area contributed by atoms with Crippen LogP contribution >= 0.6 is 15.9 Å². The summed E-state index contributed by atoms with van der Waals surface area (Å²) in [6, 6.07) is 8.45. The van der Waals surface area contributed by atoms with Gasteiger partial charge in [0.25, 0.3) is 0 Å². The van der Waals surface area contributed by atoms with E-state index >= 15 is 0 Å². The van der Waals surface area contributed by atoms with Gasteiger partial charge in [-0.2, -0.15) is 0 Å². The van der Waals surface area contributed by atoms with Crippen LogP contribution in [0.5, 0.6) is 0 Å². The van der Waals surface area contributed by atoms with Gasteiger partial charge in [0.05, 0.1) is 4.95 Å². The number of hydrogen-bond acceptors (Lipinski definition) is 1. The number of halogens is 1. The van der Waals surface area contributed by atoms with Crippen molar-refractivity contribution >= 4 is 15.9 Å². The van der Waals surface area contributed by atoms with Crippen LogP contribution in [0.25, 0.3) is 0 Å². The molecule has 0 fully saturated rings. The van der Waals surface area contributed by atoms with E-state index in [4.69, 9.17) is 0 Å². The summed E-state index contributed by atoms with van der Waals surface area (Å²) in [6.07, 6.45) is 0. The first-order valence-corrected chi connectivity index (χ1v) is 4.25. The Morgan fingerprint density at radius 2 is 2.20 bits per heavy atom. The van der Waals surface area contributed by atoms with Gasteiger partial charge in [0.2, 0.25) is 0 Å². The Balaban J connectivity index is 2.51. The monoisotopic (exact) mass is 197 g/mol. The third-order valence-corrected chi connectivity index (χ3v) is 2.62. The molecule has 0 aliphatic carbocycles. The van der Waals surface area contributed by atoms with Crippen LogP contribution in [0.15, 0.2) is 24.3 Å². The van der Waals surface area contributed by atoms with Gasteiger partial charge in [-0.15, -0.1) is 0 Å². The first-order valence-electron chi connectivity index (χ1n) is 3.33. The number of alkyl halides is 1. The predicted octanol–water partition coefficient (Wildman–Crippen LogP) is 2.18. The standard InChI is InChI=1S/C8H8BrN/c9-8-7-4-2-1-3-6(7)5-10-8/h1-4,8,10H,5H2/t8-/m1/s1. The molecule has 0 unspecified atom stereocenters. The van der Waals surface area contributed by atoms with Crippen molar-refractivity contribution in [2.45, 2.75) is 11.5 Å². The van der Waals surface area contributed by atoms with E-state index in [1.165, 1.54) is 11.1 Å². The molecule has 0 saturated carbocycles. The van der Waals surface area contributed by atoms with Gasteiger partial charge in [-0.1, -0.05) is 40.2 Å². The highest BCUT2D eigenvalue weighted by Crippen LogP contribution is 2.28. The number of benzene rings is 1. The molecule has 0 radical (unpaired) electrons. The summed E-state index contributed by atoms with van der Waals surface area (Å²) in [6.45, 7) is 0.992. The molecule has 1 N–H and O–H groups in total. The lowest BCUT2D eigenvalue weighted by molar-refractivity contribution is 0.758. The lowest BCUT2D eigenvalue weighted by Crippen LogP contribution is -2.03. The second-order valence-electron chi connectivity index (χ2n) is 2.44. The van der Waals surface area contributed by atoms with E-state index in [2.05, 4.69) is 45.5 Å². The maximum Gasteiger partial charge on any atom is 0.0892 e. The van der Waals surface area contributed by atoms with Gasteiger partial charge in [0, 0.05) is 6.54 Å². The van der Waals surface area contributed by atoms with E-state index in [1.807, 2.05) is 0 Å². The largest absolute Gasteiger partial charge is 0.297 e. The normalized spacial score (nSPS) is 22.7. The van der Waals surface area contributed by atoms with Crippen molar-refractivity contribution in [1.82, 2.24) is 5.32 Å². The summed E-state index contributed by atoms with van der Waals surface area (Å²) in [4.78, 5) is 0.365. The quantitative estimate of drug-likeness (QED) is 0.497. The summed E-state index contributed by atoms with van der Waals surface area (Å²) in [5.74, 6) is 0. The molecule has 2 heteroatoms. The molecule has 0 amide bonds. The van der Waals surface area contributed by atoms with E-state index in [1.54, 1.807) is 0 Å². The zero-order valence-corrected chi connectivity index (χ0v) is 7.06. The fourth-order valence-electron chi connectivity index (χ4n) is 1.25. The first kappa shape index (κ1) is 6.38. The first-order chi connectivity index (χ1) is 4.88. The Labute approximate surface area is 68.6 Å². The van der Waals surface area contributed by atoms with E-state index < -0.39 is 0 Å². The van der Waals surface area contributed by atoms with Gasteiger partial charge in [0.15, 0.2) is 0 Å². The SMILES string of the molecule is Br[C@@H]1NCc2ccccc21. The van der Waals surface area contributed by atoms with Crippen LogP contribution in [-0.2, 0) is 6.54 Å². The van der Waals surface area contributed by atoms with Gasteiger partial charge < -0.3 is 0 Å². The summed E-state index contributed by atoms with van der Waals surface area (Å²) in [5.41, 5.74) is 2.78. The lowest BCUT2D eigenvalue weighted by atomic mass is 10.1. The smallest absolute Gasteiger partial charge is 0.0892 e. The number of hydrogen-bond donors (Lipinski definition) is 1. The number of nitrogens with one attached hydrogen (secondary N) is 1. The lowest BCUT2D eigenvalue weighted by Gasteiger charge is -1.99. The second kappa shape index (κ2) is 2.36. The van der Waals surface area contributed by atoms with Gasteiger partial charge >= 0.3 is 0 Å². The van der Waals surface area contributed by atoms with Crippen LogP contribution in [0, 0.1) is 0 Å². The van der Waals surface area contributed by atoms with Crippen molar-refractivity contribution in [3.8, 4) is 0 Å². The highest BCUT2D eigenvalue weighted by atomic mass is 79.9. The van der Waals surface area contributed by atoms with Crippen molar-refractivity contribution in [1.29, 1.82) is 0 Å². The van der Waals surface area contributed by atoms with Crippen molar-refractivity contribution in [3.63, 3.8) is 0 Å². The molecule has 0 saturated heterocycles. The van der Waals surface area contributed by atoms with Crippen LogP contribution in [0.3, 0.4) is 0 Å². The van der Waals surface area contributed by atoms with Gasteiger partial charge in [-0.3, -0.25) is 5.32 Å². The minimum Gasteiger partial charge on any atom is -0.297 e. The highest BCUT2D eigenvalue weighted by Gasteiger charge is 2.16. The Morgan fingerprint density at radius 1 is 1.40 bits per heavy atom. The molecule has 52 valence electrons. The van der Waals surface area contributed by atoms with E-state index in [-0.39, 0.29) is 0 Å². The summed E-state index contributed by atoms with van der Waals surface area (Å²) >= 11 is 3.53. The number of rotatable bonds is 0. The zero-order valence-electron chi connectivity index (χ0n) is 5.47. The summed E-state index contributed by atoms with van der Waals surface area (Å²) < 4.78 is 0. The van der Waals surface area contributed by atoms with Crippen molar-refractivity contribution in [2.24, 2.45) is 0 Å². The zero-order chi connectivity index (χ0) is 6.97. The van der Waals surface area contributed by atoms with Crippen LogP contribution in [-0.4, -0.2) is 0 Å². The van der Waals surface area contributed by atoms with Crippen molar-refractivity contribution < 1.29 is 0 Å². The Hall–Kier alpha value is -0.340. The molecule has 1 nitrogen and oxygen atoms in total. The minimum atomic E-state index is 0.365. The van der Waals surface area contributed by atoms with Crippen LogP contribution in [0.2, 0.25) is 0 Å². The Bertz CT molecular complexity index is 247. The van der Waals surface area contributed by atoms with E-state index in [0.717, 1.165) is 6.54 Å². The Kier molecular flexibility index (Phi) is 1.51. The predicted molar refractivity (Wildman–Crippen MR) is 44.9 cm³/mol. The average Bonchev–Trinajstić information content (AvgIpc) is 2.34. The third kappa shape index (κ3) is 0.879. The molecule has 1 aromatic carbocycles. The molecule has 1 aliphatic rings. The Morgan fingerprint density at radius 3 is 3.00 bits per heavy atom. The second-order valence-corrected chi connectivity index (χ2v) is 3.36. The fraction of sp³-hybridized carbons (Fsp3) is 0.250. The summed E-state index contributed by atoms with van der Waals surface area (Å²) in [5, 5.41) is 3.30. The van der Waals surface area contributed by atoms with Crippen molar-refractivity contribution in [3.05, 3.63) is 35.4 Å². The maximum atomic E-state index is 3.53. The van der Waals surface area contributed by atoms with Crippen LogP contribution < -0.4 is 5.32 Å². The third-order valence-electron chi connectivity index (χ3n) is 1.80. The molecule has 10 heavy (non-hydrogen) atoms. The summed E-state index contributed by atoms with van der Waals surface area (Å²) in [7, 11) is 0. The molecule has 2 rings (SSSR count). The van der Waals surface area contributed by atoms with Crippen molar-refractivity contribution in [2.75, 3.05) is 0 Å². The minimum absolute atomic E-state index is 0.365. The molecule has 0 spiro atoms. The highest BCUT2D eigenvalue weighted by molar-refractivity contribution is 9.09. The molecule has 0 aromatic heterocycles. The maximum absolute atomic E-state index is 3.53. The topological polar surface area (TPSA) is 12.0 Å². The van der Waals surface area contributed by atoms with Crippen LogP contribution in [0.4, 0.5) is 0 Å². The molecular formula is C8H8BrN. The fourth-order valence-corrected chi connectivity index (χ4v) is 1.86. The van der Waals surface area contributed by atoms with Crippen LogP contribution in [0.1, 0.15) is 16.1 Å². The average molecular weight is 198 g/mol. The molecular weight excluding hydrogens is 190 g/mol. The van der Waals surface area contributed by atoms with E-state index in [0.29, 0.717) is 4.95 Å². The molecule has 1 aliphatic heterocycles. The molecule has 1 heterocycles. The van der Waals surface area contributed by atoms with Gasteiger partial charge in [-0.25, -0.2) is 0 Å². The molecule has 1 aromatic rings. The number of fused-ring (bicyclic) bond motifs is 1.